The number of aliphatic carboxylic acids is 1. The topological polar surface area (TPSA) is 294 Å². The first-order valence-corrected chi connectivity index (χ1v) is 33.8. The normalized spacial score (nSPS) is 19.6. The van der Waals surface area contributed by atoms with Crippen molar-refractivity contribution in [3.63, 3.8) is 0 Å². The highest BCUT2D eigenvalue weighted by molar-refractivity contribution is 5.93. The Morgan fingerprint density at radius 3 is 1.63 bits per heavy atom. The number of aryl methyl sites for hydroxylation is 3. The summed E-state index contributed by atoms with van der Waals surface area (Å²) in [5.74, 6) is -2.28. The maximum atomic E-state index is 13.6. The van der Waals surface area contributed by atoms with Crippen LogP contribution in [0.3, 0.4) is 0 Å². The molecule has 0 aromatic heterocycles. The summed E-state index contributed by atoms with van der Waals surface area (Å²) in [5.41, 5.74) is 19.0. The number of carboxylic acid groups (broad SMARTS) is 1. The van der Waals surface area contributed by atoms with E-state index in [1.165, 1.54) is 39.8 Å². The van der Waals surface area contributed by atoms with Crippen molar-refractivity contribution >= 4 is 35.8 Å². The van der Waals surface area contributed by atoms with Crippen LogP contribution >= 0.6 is 0 Å². The Kier molecular flexibility index (Phi) is 33.3. The second-order valence-corrected chi connectivity index (χ2v) is 25.5. The average molecular weight is 1370 g/mol. The average Bonchev–Trinajstić information content (AvgIpc) is 1.60. The number of alkyl halides is 3. The molecule has 11 rings (SSSR count). The maximum absolute atomic E-state index is 13.6. The predicted molar refractivity (Wildman–Crippen MR) is 374 cm³/mol. The Balaban J connectivity index is 0.000000238. The number of aliphatic hydroxyl groups is 3. The van der Waals surface area contributed by atoms with E-state index in [0.717, 1.165) is 91.0 Å². The zero-order valence-corrected chi connectivity index (χ0v) is 57.7. The number of hydrogen-bond donors (Lipinski definition) is 8. The van der Waals surface area contributed by atoms with E-state index >= 15 is 0 Å². The van der Waals surface area contributed by atoms with E-state index < -0.39 is 48.9 Å². The van der Waals surface area contributed by atoms with Gasteiger partial charge in [0, 0.05) is 55.8 Å². The lowest BCUT2D eigenvalue weighted by Crippen LogP contribution is -2.47. The lowest BCUT2D eigenvalue weighted by atomic mass is 9.83. The van der Waals surface area contributed by atoms with Crippen LogP contribution in [0, 0.1) is 18.4 Å². The van der Waals surface area contributed by atoms with Crippen LogP contribution in [0.25, 0.3) is 4.85 Å². The van der Waals surface area contributed by atoms with Gasteiger partial charge in [0.05, 0.1) is 42.7 Å². The summed E-state index contributed by atoms with van der Waals surface area (Å²) in [6, 6.07) is 46.6. The fraction of sp³-hybridized carbons (Fsp3) is 0.449. The van der Waals surface area contributed by atoms with Crippen LogP contribution in [0.15, 0.2) is 146 Å². The highest BCUT2D eigenvalue weighted by atomic mass is 19.4. The number of aldehydes is 1. The van der Waals surface area contributed by atoms with E-state index in [1.54, 1.807) is 18.9 Å². The molecule has 534 valence electrons. The number of carbonyl (C=O) groups excluding carboxylic acids is 5. The van der Waals surface area contributed by atoms with Gasteiger partial charge in [-0.25, -0.2) is 6.57 Å². The molecule has 2 aliphatic heterocycles. The van der Waals surface area contributed by atoms with Crippen molar-refractivity contribution in [1.82, 2.24) is 21.7 Å². The van der Waals surface area contributed by atoms with Gasteiger partial charge < -0.3 is 57.3 Å². The molecular weight excluding hydrogens is 1270 g/mol. The van der Waals surface area contributed by atoms with Crippen molar-refractivity contribution in [3.8, 4) is 0 Å². The molecule has 5 aliphatic rings. The lowest BCUT2D eigenvalue weighted by molar-refractivity contribution is -0.159. The number of fused-ring (bicyclic) bond motifs is 6. The summed E-state index contributed by atoms with van der Waals surface area (Å²) < 4.78 is 43.1. The van der Waals surface area contributed by atoms with Crippen molar-refractivity contribution in [2.75, 3.05) is 33.5 Å². The van der Waals surface area contributed by atoms with Crippen LogP contribution < -0.4 is 22.5 Å². The molecule has 6 aromatic carbocycles. The molecule has 1 saturated heterocycles. The van der Waals surface area contributed by atoms with Crippen LogP contribution in [-0.4, -0.2) is 107 Å². The van der Waals surface area contributed by atoms with Gasteiger partial charge in [-0.3, -0.25) is 33.7 Å². The third-order valence-corrected chi connectivity index (χ3v) is 18.4. The molecule has 0 saturated carbocycles. The number of amides is 3. The van der Waals surface area contributed by atoms with E-state index in [0.29, 0.717) is 31.8 Å². The van der Waals surface area contributed by atoms with Gasteiger partial charge in [0.15, 0.2) is 6.23 Å². The molecule has 1 fully saturated rings. The molecular formula is C78H99F3N6O12. The number of Topliss-reactive ketones (excluding diaryl/α,β-unsaturated/α-hetero) is 1. The molecule has 0 radical (unpaired) electrons. The molecule has 18 nitrogen and oxygen atoms in total. The number of benzene rings is 6. The molecule has 0 spiro atoms. The third-order valence-electron chi connectivity index (χ3n) is 18.4. The van der Waals surface area contributed by atoms with E-state index in [-0.39, 0.29) is 79.4 Å². The zero-order valence-electron chi connectivity index (χ0n) is 57.7. The summed E-state index contributed by atoms with van der Waals surface area (Å²) in [6.45, 7) is 15.1. The number of carbonyl (C=O) groups is 6. The molecule has 4 unspecified atom stereocenters. The van der Waals surface area contributed by atoms with Crippen LogP contribution in [0.2, 0.25) is 0 Å². The van der Waals surface area contributed by atoms with Crippen LogP contribution in [-0.2, 0) is 52.7 Å². The first-order valence-electron chi connectivity index (χ1n) is 33.8. The van der Waals surface area contributed by atoms with Crippen molar-refractivity contribution in [2.24, 2.45) is 17.6 Å². The Labute approximate surface area is 580 Å². The van der Waals surface area contributed by atoms with E-state index in [1.807, 2.05) is 117 Å². The van der Waals surface area contributed by atoms with Crippen molar-refractivity contribution in [1.29, 1.82) is 0 Å². The molecule has 0 bridgehead atoms. The highest BCUT2D eigenvalue weighted by Crippen LogP contribution is 2.45. The highest BCUT2D eigenvalue weighted by Gasteiger charge is 2.48. The van der Waals surface area contributed by atoms with Gasteiger partial charge in [-0.15, -0.1) is 0 Å². The Morgan fingerprint density at radius 1 is 0.667 bits per heavy atom. The van der Waals surface area contributed by atoms with Gasteiger partial charge in [-0.05, 0) is 134 Å². The summed E-state index contributed by atoms with van der Waals surface area (Å²) in [6.07, 6.45) is 6.33. The van der Waals surface area contributed by atoms with Gasteiger partial charge in [-0.1, -0.05) is 173 Å². The summed E-state index contributed by atoms with van der Waals surface area (Å²) in [5, 5.41) is 39.4. The number of methoxy groups -OCH3 is 1. The number of halogens is 3. The number of aliphatic hydroxyl groups excluding tert-OH is 3. The molecule has 11 N–H and O–H groups in total. The van der Waals surface area contributed by atoms with Crippen LogP contribution in [0.5, 0.6) is 0 Å². The minimum atomic E-state index is -4.40. The van der Waals surface area contributed by atoms with E-state index in [2.05, 4.69) is 71.8 Å². The number of nitrogens with zero attached hydrogens (tertiary/aromatic N) is 2. The summed E-state index contributed by atoms with van der Waals surface area (Å²) >= 11 is 0. The minimum Gasteiger partial charge on any atom is -0.481 e. The number of rotatable bonds is 17. The van der Waals surface area contributed by atoms with Crippen molar-refractivity contribution in [2.45, 2.75) is 179 Å². The Hall–Kier alpha value is -8.46. The fourth-order valence-corrected chi connectivity index (χ4v) is 12.8. The smallest absolute Gasteiger partial charge is 0.411 e. The van der Waals surface area contributed by atoms with E-state index in [4.69, 9.17) is 37.1 Å². The Morgan fingerprint density at radius 2 is 1.13 bits per heavy atom. The lowest BCUT2D eigenvalue weighted by Gasteiger charge is -2.32. The number of carboxylic acids is 1. The van der Waals surface area contributed by atoms with E-state index in [9.17, 15) is 47.0 Å². The predicted octanol–water partition coefficient (Wildman–Crippen LogP) is 13.6. The first-order chi connectivity index (χ1) is 47.0. The quantitative estimate of drug-likeness (QED) is 0.0311. The Bertz CT molecular complexity index is 3620. The van der Waals surface area contributed by atoms with Crippen molar-refractivity contribution in [3.05, 3.63) is 224 Å². The maximum Gasteiger partial charge on any atom is 0.411 e. The van der Waals surface area contributed by atoms with Gasteiger partial charge >= 0.3 is 12.1 Å². The van der Waals surface area contributed by atoms with Crippen LogP contribution in [0.1, 0.15) is 219 Å². The van der Waals surface area contributed by atoms with Gasteiger partial charge in [0.25, 0.3) is 0 Å². The zero-order chi connectivity index (χ0) is 71.5. The second kappa shape index (κ2) is 40.6. The summed E-state index contributed by atoms with van der Waals surface area (Å²) in [7, 11) is 1.64. The first kappa shape index (κ1) is 81.2. The monoisotopic (exact) mass is 1370 g/mol. The molecule has 99 heavy (non-hydrogen) atoms. The van der Waals surface area contributed by atoms with Gasteiger partial charge in [0.2, 0.25) is 23.8 Å². The van der Waals surface area contributed by atoms with Crippen LogP contribution in [0.4, 0.5) is 13.2 Å². The number of ketones is 1. The molecule has 3 amide bonds. The number of nitrogens with two attached hydrogens (primary N) is 1. The minimum absolute atomic E-state index is 0. The number of nitrogens with one attached hydrogen (secondary N) is 2. The largest absolute Gasteiger partial charge is 0.481 e. The summed E-state index contributed by atoms with van der Waals surface area (Å²) in [4.78, 5) is 78.8. The van der Waals surface area contributed by atoms with Crippen molar-refractivity contribution < 1.29 is 71.8 Å². The molecule has 10 atom stereocenters. The number of ether oxygens (including phenoxy) is 2. The molecule has 21 heteroatoms. The van der Waals surface area contributed by atoms with Gasteiger partial charge in [0.1, 0.15) is 24.7 Å². The molecule has 6 aromatic rings. The fourth-order valence-electron chi connectivity index (χ4n) is 12.8. The standard InChI is InChI=1S/C27H35NO4.C23H25N3O3.C11H11N.C10H12O.C5H10O3.C2H3F3O.H3N/c1-18(15-16-29)26(30)17-24(23-13-7-6-11-21(23)19(2)32-3)27(31)28-25-14-8-10-20-9-4-5-12-22(20)25;24-18-12-13-29-23-17-10-4-3-9-16(17)20(26(23)22(18)28)21(27)25-19-11-5-7-14-6-1-2-8-15(14)19;1-12-11-8-4-6-9-5-2-3-7-10(9)11;1-8(2)10-6-4-3-5-9(10)7-11;1-4(2-3-6)5(7)8;3-2(4,5)1-6;/h4-7,9,11-13,18-19,24-25,29H,8,10,14-17H2,1-3H3,(H,28,31);1-4,6,8-10,18-20,23H,5,7,11-13,24H2,(H,25,27);2-3,5,7,11H,4,6,8H2;3-8H,1-2H3;4,6H,2-3H2,1H3,(H,7,8);6H,1H2;1H3/t18-,19?,24?,25+;18-,19+,20?,23-;;;4-;;/m00..0../s1. The van der Waals surface area contributed by atoms with Gasteiger partial charge in [-0.2, -0.15) is 13.2 Å². The SMILES string of the molecule is CC(C)c1ccccc1C=O.COC(C)c1ccccc1C(CC(=O)[C@@H](C)CCO)C(=O)N[C@@H]1CCCc2ccccc21.C[C@@H](CCO)C(=O)O.N.N[C@H]1CCO[C@H]2c3ccccc3C(C(=O)N[C@@H]3CCCc4ccccc43)N2C1=O.OCC(F)(F)F.[C-]#[N+]C1CCCc2ccccc21. The second-order valence-electron chi connectivity index (χ2n) is 25.5. The molecule has 3 aliphatic carbocycles. The number of hydrogen-bond acceptors (Lipinski definition) is 13. The molecule has 2 heterocycles. The third kappa shape index (κ3) is 23.0.